The van der Waals surface area contributed by atoms with Gasteiger partial charge in [0.1, 0.15) is 0 Å². The molecule has 0 spiro atoms. The molecule has 1 atom stereocenters. The number of ether oxygens (including phenoxy) is 1. The maximum Gasteiger partial charge on any atom is 0.193 e. The molecule has 0 saturated carbocycles. The topological polar surface area (TPSA) is 40.1 Å². The largest absolute Gasteiger partial charge is 0.379 e. The second-order valence-electron chi connectivity index (χ2n) is 7.83. The molecule has 2 aliphatic heterocycles. The fourth-order valence-electron chi connectivity index (χ4n) is 3.81. The SMILES string of the molecule is CN=C(NCC(C)(C)c1ccc(Cl)cc1)N1CCC(N2CCOCC2)C1. The summed E-state index contributed by atoms with van der Waals surface area (Å²) < 4.78 is 5.48. The number of hydrogen-bond donors (Lipinski definition) is 1. The Hall–Kier alpha value is -1.30. The number of hydrogen-bond acceptors (Lipinski definition) is 3. The van der Waals surface area contributed by atoms with Gasteiger partial charge in [0.25, 0.3) is 0 Å². The highest BCUT2D eigenvalue weighted by Gasteiger charge is 2.31. The molecule has 1 aromatic carbocycles. The highest BCUT2D eigenvalue weighted by Crippen LogP contribution is 2.24. The van der Waals surface area contributed by atoms with Gasteiger partial charge >= 0.3 is 0 Å². The lowest BCUT2D eigenvalue weighted by atomic mass is 9.85. The molecule has 2 saturated heterocycles. The van der Waals surface area contributed by atoms with E-state index in [2.05, 4.69) is 46.1 Å². The Morgan fingerprint density at radius 3 is 2.58 bits per heavy atom. The van der Waals surface area contributed by atoms with Gasteiger partial charge in [0.2, 0.25) is 0 Å². The number of guanidine groups is 1. The first-order valence-corrected chi connectivity index (χ1v) is 9.91. The molecular weight excluding hydrogens is 348 g/mol. The molecule has 144 valence electrons. The number of likely N-dealkylation sites (tertiary alicyclic amines) is 1. The van der Waals surface area contributed by atoms with E-state index in [9.17, 15) is 0 Å². The van der Waals surface area contributed by atoms with Crippen LogP contribution >= 0.6 is 11.6 Å². The standard InChI is InChI=1S/C20H31ClN4O/c1-20(2,16-4-6-17(21)7-5-16)15-23-19(22-3)25-9-8-18(14-25)24-10-12-26-13-11-24/h4-7,18H,8-15H2,1-3H3,(H,22,23). The molecule has 2 aliphatic rings. The van der Waals surface area contributed by atoms with Crippen molar-refractivity contribution >= 4 is 17.6 Å². The van der Waals surface area contributed by atoms with Gasteiger partial charge in [0.05, 0.1) is 13.2 Å². The lowest BCUT2D eigenvalue weighted by molar-refractivity contribution is 0.0195. The summed E-state index contributed by atoms with van der Waals surface area (Å²) >= 11 is 6.02. The van der Waals surface area contributed by atoms with Gasteiger partial charge in [0, 0.05) is 56.3 Å². The number of rotatable bonds is 4. The van der Waals surface area contributed by atoms with Crippen LogP contribution < -0.4 is 5.32 Å². The van der Waals surface area contributed by atoms with Gasteiger partial charge in [-0.2, -0.15) is 0 Å². The highest BCUT2D eigenvalue weighted by atomic mass is 35.5. The quantitative estimate of drug-likeness (QED) is 0.645. The zero-order chi connectivity index (χ0) is 18.6. The van der Waals surface area contributed by atoms with Gasteiger partial charge in [0.15, 0.2) is 5.96 Å². The van der Waals surface area contributed by atoms with Crippen molar-refractivity contribution in [2.45, 2.75) is 31.7 Å². The highest BCUT2D eigenvalue weighted by molar-refractivity contribution is 6.30. The minimum Gasteiger partial charge on any atom is -0.379 e. The van der Waals surface area contributed by atoms with E-state index in [4.69, 9.17) is 16.3 Å². The van der Waals surface area contributed by atoms with Crippen molar-refractivity contribution in [3.63, 3.8) is 0 Å². The molecule has 0 radical (unpaired) electrons. The van der Waals surface area contributed by atoms with E-state index in [0.29, 0.717) is 6.04 Å². The minimum atomic E-state index is 0.00383. The number of halogens is 1. The molecule has 0 amide bonds. The van der Waals surface area contributed by atoms with Gasteiger partial charge in [-0.3, -0.25) is 9.89 Å². The number of nitrogens with one attached hydrogen (secondary N) is 1. The van der Waals surface area contributed by atoms with Gasteiger partial charge in [-0.15, -0.1) is 0 Å². The fraction of sp³-hybridized carbons (Fsp3) is 0.650. The molecular formula is C20H31ClN4O. The van der Waals surface area contributed by atoms with Crippen LogP contribution in [-0.4, -0.2) is 74.8 Å². The summed E-state index contributed by atoms with van der Waals surface area (Å²) in [6, 6.07) is 8.75. The molecule has 2 fully saturated rings. The normalized spacial score (nSPS) is 22.7. The summed E-state index contributed by atoms with van der Waals surface area (Å²) in [6.07, 6.45) is 1.20. The third-order valence-corrected chi connectivity index (χ3v) is 5.80. The summed E-state index contributed by atoms with van der Waals surface area (Å²) in [6.45, 7) is 11.2. The second-order valence-corrected chi connectivity index (χ2v) is 8.26. The van der Waals surface area contributed by atoms with E-state index in [0.717, 1.165) is 56.9 Å². The van der Waals surface area contributed by atoms with Crippen molar-refractivity contribution in [2.75, 3.05) is 53.0 Å². The zero-order valence-corrected chi connectivity index (χ0v) is 16.9. The van der Waals surface area contributed by atoms with Crippen LogP contribution in [0.2, 0.25) is 5.02 Å². The summed E-state index contributed by atoms with van der Waals surface area (Å²) in [5.41, 5.74) is 1.28. The third kappa shape index (κ3) is 4.70. The molecule has 6 heteroatoms. The summed E-state index contributed by atoms with van der Waals surface area (Å²) in [5.74, 6) is 1.00. The molecule has 3 rings (SSSR count). The molecule has 1 aromatic rings. The van der Waals surface area contributed by atoms with E-state index in [1.807, 2.05) is 19.2 Å². The van der Waals surface area contributed by atoms with Crippen molar-refractivity contribution in [2.24, 2.45) is 4.99 Å². The van der Waals surface area contributed by atoms with Gasteiger partial charge in [-0.05, 0) is 24.1 Å². The average Bonchev–Trinajstić information content (AvgIpc) is 3.13. The van der Waals surface area contributed by atoms with Crippen molar-refractivity contribution < 1.29 is 4.74 Å². The van der Waals surface area contributed by atoms with Crippen molar-refractivity contribution in [1.29, 1.82) is 0 Å². The first-order chi connectivity index (χ1) is 12.5. The van der Waals surface area contributed by atoms with Crippen molar-refractivity contribution in [3.8, 4) is 0 Å². The minimum absolute atomic E-state index is 0.00383. The summed E-state index contributed by atoms with van der Waals surface area (Å²) in [4.78, 5) is 9.48. The maximum absolute atomic E-state index is 6.02. The molecule has 1 N–H and O–H groups in total. The van der Waals surface area contributed by atoms with Crippen molar-refractivity contribution in [1.82, 2.24) is 15.1 Å². The average molecular weight is 379 g/mol. The van der Waals surface area contributed by atoms with Crippen LogP contribution in [0.5, 0.6) is 0 Å². The Kier molecular flexibility index (Phi) is 6.43. The smallest absolute Gasteiger partial charge is 0.193 e. The van der Waals surface area contributed by atoms with Crippen LogP contribution in [0.1, 0.15) is 25.8 Å². The number of benzene rings is 1. The lowest BCUT2D eigenvalue weighted by Crippen LogP contribution is -2.48. The molecule has 0 bridgehead atoms. The molecule has 0 aromatic heterocycles. The van der Waals surface area contributed by atoms with Gasteiger partial charge in [-0.1, -0.05) is 37.6 Å². The van der Waals surface area contributed by atoms with Crippen LogP contribution in [0.25, 0.3) is 0 Å². The molecule has 5 nitrogen and oxygen atoms in total. The Labute approximate surface area is 162 Å². The molecule has 0 aliphatic carbocycles. The Morgan fingerprint density at radius 2 is 1.92 bits per heavy atom. The zero-order valence-electron chi connectivity index (χ0n) is 16.2. The second kappa shape index (κ2) is 8.59. The predicted molar refractivity (Wildman–Crippen MR) is 108 cm³/mol. The first-order valence-electron chi connectivity index (χ1n) is 9.53. The van der Waals surface area contributed by atoms with Crippen LogP contribution in [0.3, 0.4) is 0 Å². The first kappa shape index (κ1) is 19.5. The number of aliphatic imine (C=N–C) groups is 1. The van der Waals surface area contributed by atoms with Crippen LogP contribution in [-0.2, 0) is 10.2 Å². The van der Waals surface area contributed by atoms with Crippen LogP contribution in [0.4, 0.5) is 0 Å². The van der Waals surface area contributed by atoms with Crippen LogP contribution in [0, 0.1) is 0 Å². The maximum atomic E-state index is 6.02. The molecule has 26 heavy (non-hydrogen) atoms. The van der Waals surface area contributed by atoms with Crippen LogP contribution in [0.15, 0.2) is 29.3 Å². The Balaban J connectivity index is 1.55. The summed E-state index contributed by atoms with van der Waals surface area (Å²) in [7, 11) is 1.87. The van der Waals surface area contributed by atoms with E-state index in [1.54, 1.807) is 0 Å². The number of morpholine rings is 1. The van der Waals surface area contributed by atoms with E-state index in [1.165, 1.54) is 12.0 Å². The number of nitrogens with zero attached hydrogens (tertiary/aromatic N) is 3. The molecule has 1 unspecified atom stereocenters. The van der Waals surface area contributed by atoms with E-state index < -0.39 is 0 Å². The molecule has 2 heterocycles. The monoisotopic (exact) mass is 378 g/mol. The van der Waals surface area contributed by atoms with E-state index >= 15 is 0 Å². The third-order valence-electron chi connectivity index (χ3n) is 5.55. The van der Waals surface area contributed by atoms with E-state index in [-0.39, 0.29) is 5.41 Å². The van der Waals surface area contributed by atoms with Crippen molar-refractivity contribution in [3.05, 3.63) is 34.9 Å². The predicted octanol–water partition coefficient (Wildman–Crippen LogP) is 2.60. The summed E-state index contributed by atoms with van der Waals surface area (Å²) in [5, 5.41) is 4.37. The lowest BCUT2D eigenvalue weighted by Gasteiger charge is -2.33. The van der Waals surface area contributed by atoms with Gasteiger partial charge < -0.3 is 15.0 Å². The Bertz CT molecular complexity index is 611. The van der Waals surface area contributed by atoms with Gasteiger partial charge in [-0.25, -0.2) is 0 Å². The fourth-order valence-corrected chi connectivity index (χ4v) is 3.94. The Morgan fingerprint density at radius 1 is 1.23 bits per heavy atom.